The van der Waals surface area contributed by atoms with E-state index in [4.69, 9.17) is 4.42 Å². The summed E-state index contributed by atoms with van der Waals surface area (Å²) in [5.74, 6) is -0.259. The fourth-order valence-electron chi connectivity index (χ4n) is 2.85. The minimum Gasteiger partial charge on any atom is -0.448 e. The van der Waals surface area contributed by atoms with E-state index in [1.807, 2.05) is 49.4 Å². The number of para-hydroxylation sites is 1. The molecule has 4 rings (SSSR count). The average Bonchev–Trinajstić information content (AvgIpc) is 3.03. The molecule has 4 aromatic rings. The van der Waals surface area contributed by atoms with Crippen LogP contribution in [-0.2, 0) is 17.9 Å². The number of carbonyl (C=O) groups excluding carboxylic acids is 1. The van der Waals surface area contributed by atoms with Gasteiger partial charge in [-0.15, -0.1) is 0 Å². The highest BCUT2D eigenvalue weighted by Crippen LogP contribution is 2.23. The first-order chi connectivity index (χ1) is 12.6. The predicted molar refractivity (Wildman–Crippen MR) is 98.8 cm³/mol. The van der Waals surface area contributed by atoms with Crippen molar-refractivity contribution < 1.29 is 9.21 Å². The van der Waals surface area contributed by atoms with Crippen LogP contribution in [0.25, 0.3) is 22.1 Å². The molecule has 130 valence electrons. The van der Waals surface area contributed by atoms with Crippen LogP contribution in [0.4, 0.5) is 0 Å². The van der Waals surface area contributed by atoms with Gasteiger partial charge < -0.3 is 9.73 Å². The Morgan fingerprint density at radius 2 is 1.92 bits per heavy atom. The lowest BCUT2D eigenvalue weighted by molar-refractivity contribution is -0.121. The Morgan fingerprint density at radius 1 is 1.15 bits per heavy atom. The number of fused-ring (bicyclic) bond motifs is 3. The van der Waals surface area contributed by atoms with E-state index in [0.717, 1.165) is 16.5 Å². The van der Waals surface area contributed by atoms with Crippen molar-refractivity contribution in [3.63, 3.8) is 0 Å². The molecule has 6 nitrogen and oxygen atoms in total. The molecule has 0 spiro atoms. The van der Waals surface area contributed by atoms with E-state index < -0.39 is 0 Å². The van der Waals surface area contributed by atoms with Gasteiger partial charge >= 0.3 is 0 Å². The largest absolute Gasteiger partial charge is 0.448 e. The fraction of sp³-hybridized carbons (Fsp3) is 0.150. The molecular formula is C20H17N3O3. The van der Waals surface area contributed by atoms with Gasteiger partial charge in [-0.05, 0) is 24.6 Å². The first kappa shape index (κ1) is 16.1. The van der Waals surface area contributed by atoms with Crippen molar-refractivity contribution >= 4 is 28.0 Å². The summed E-state index contributed by atoms with van der Waals surface area (Å²) in [6, 6.07) is 15.2. The number of nitrogens with zero attached hydrogens (tertiary/aromatic N) is 2. The summed E-state index contributed by atoms with van der Waals surface area (Å²) in [5.41, 5.74) is 3.09. The predicted octanol–water partition coefficient (Wildman–Crippen LogP) is 2.77. The molecule has 1 amide bonds. The number of aromatic nitrogens is 2. The standard InChI is InChI=1S/C20H17N3O3/c1-13-6-8-14(9-7-13)10-21-17(24)11-23-12-22-18-15-4-2-3-5-16(15)26-19(18)20(23)25/h2-9,12H,10-11H2,1H3,(H,21,24). The second-order valence-corrected chi connectivity index (χ2v) is 6.22. The van der Waals surface area contributed by atoms with Crippen LogP contribution in [0, 0.1) is 6.92 Å². The maximum atomic E-state index is 12.6. The van der Waals surface area contributed by atoms with Gasteiger partial charge in [-0.3, -0.25) is 14.2 Å². The van der Waals surface area contributed by atoms with Gasteiger partial charge in [0.25, 0.3) is 5.56 Å². The zero-order valence-electron chi connectivity index (χ0n) is 14.2. The Bertz CT molecular complexity index is 1160. The number of nitrogens with one attached hydrogen (secondary N) is 1. The van der Waals surface area contributed by atoms with Crippen LogP contribution >= 0.6 is 0 Å². The quantitative estimate of drug-likeness (QED) is 0.616. The molecule has 0 unspecified atom stereocenters. The lowest BCUT2D eigenvalue weighted by Crippen LogP contribution is -2.32. The minimum atomic E-state index is -0.364. The van der Waals surface area contributed by atoms with Gasteiger partial charge in [0.05, 0.1) is 6.33 Å². The topological polar surface area (TPSA) is 77.1 Å². The molecule has 6 heteroatoms. The molecule has 0 aliphatic rings. The van der Waals surface area contributed by atoms with Crippen LogP contribution < -0.4 is 10.9 Å². The molecule has 0 saturated carbocycles. The van der Waals surface area contributed by atoms with E-state index in [2.05, 4.69) is 10.3 Å². The van der Waals surface area contributed by atoms with Crippen molar-refractivity contribution in [1.29, 1.82) is 0 Å². The number of benzene rings is 2. The van der Waals surface area contributed by atoms with Crippen LogP contribution in [0.15, 0.2) is 64.1 Å². The first-order valence-corrected chi connectivity index (χ1v) is 8.31. The maximum Gasteiger partial charge on any atom is 0.297 e. The summed E-state index contributed by atoms with van der Waals surface area (Å²) in [5, 5.41) is 3.60. The number of aryl methyl sites for hydroxylation is 1. The Balaban J connectivity index is 1.54. The SMILES string of the molecule is Cc1ccc(CNC(=O)Cn2cnc3c(oc4ccccc43)c2=O)cc1. The summed E-state index contributed by atoms with van der Waals surface area (Å²) in [4.78, 5) is 29.1. The van der Waals surface area contributed by atoms with E-state index in [1.165, 1.54) is 10.9 Å². The molecule has 2 heterocycles. The fourth-order valence-corrected chi connectivity index (χ4v) is 2.85. The molecule has 0 aliphatic carbocycles. The van der Waals surface area contributed by atoms with E-state index in [1.54, 1.807) is 6.07 Å². The summed E-state index contributed by atoms with van der Waals surface area (Å²) in [6.07, 6.45) is 1.39. The van der Waals surface area contributed by atoms with Crippen molar-refractivity contribution in [3.8, 4) is 0 Å². The molecule has 0 bridgehead atoms. The van der Waals surface area contributed by atoms with Gasteiger partial charge in [-0.1, -0.05) is 42.0 Å². The van der Waals surface area contributed by atoms with Gasteiger partial charge in [0.15, 0.2) is 0 Å². The highest BCUT2D eigenvalue weighted by atomic mass is 16.3. The highest BCUT2D eigenvalue weighted by Gasteiger charge is 2.14. The average molecular weight is 347 g/mol. The first-order valence-electron chi connectivity index (χ1n) is 8.31. The van der Waals surface area contributed by atoms with Crippen LogP contribution in [0.1, 0.15) is 11.1 Å². The van der Waals surface area contributed by atoms with Crippen LogP contribution in [0.2, 0.25) is 0 Å². The van der Waals surface area contributed by atoms with E-state index in [-0.39, 0.29) is 23.6 Å². The summed E-state index contributed by atoms with van der Waals surface area (Å²) in [6.45, 7) is 2.31. The second kappa shape index (κ2) is 6.48. The minimum absolute atomic E-state index is 0.106. The molecule has 0 atom stereocenters. The Morgan fingerprint density at radius 3 is 2.73 bits per heavy atom. The maximum absolute atomic E-state index is 12.6. The van der Waals surface area contributed by atoms with Crippen molar-refractivity contribution in [3.05, 3.63) is 76.3 Å². The van der Waals surface area contributed by atoms with Crippen molar-refractivity contribution in [2.75, 3.05) is 0 Å². The molecular weight excluding hydrogens is 330 g/mol. The van der Waals surface area contributed by atoms with E-state index in [9.17, 15) is 9.59 Å². The number of amides is 1. The Kier molecular flexibility index (Phi) is 4.01. The number of hydrogen-bond donors (Lipinski definition) is 1. The van der Waals surface area contributed by atoms with E-state index >= 15 is 0 Å². The van der Waals surface area contributed by atoms with Gasteiger partial charge in [-0.2, -0.15) is 0 Å². The van der Waals surface area contributed by atoms with Crippen LogP contribution in [-0.4, -0.2) is 15.5 Å². The smallest absolute Gasteiger partial charge is 0.297 e. The normalized spacial score (nSPS) is 11.1. The third-order valence-electron chi connectivity index (χ3n) is 4.27. The van der Waals surface area contributed by atoms with Gasteiger partial charge in [-0.25, -0.2) is 4.98 Å². The lowest BCUT2D eigenvalue weighted by atomic mass is 10.1. The second-order valence-electron chi connectivity index (χ2n) is 6.22. The zero-order valence-corrected chi connectivity index (χ0v) is 14.2. The third-order valence-corrected chi connectivity index (χ3v) is 4.27. The lowest BCUT2D eigenvalue weighted by Gasteiger charge is -2.07. The third kappa shape index (κ3) is 2.97. The van der Waals surface area contributed by atoms with Crippen LogP contribution in [0.3, 0.4) is 0 Å². The molecule has 1 N–H and O–H groups in total. The zero-order chi connectivity index (χ0) is 18.1. The summed E-state index contributed by atoms with van der Waals surface area (Å²) < 4.78 is 6.88. The molecule has 0 saturated heterocycles. The monoisotopic (exact) mass is 347 g/mol. The van der Waals surface area contributed by atoms with Gasteiger partial charge in [0.2, 0.25) is 11.5 Å². The van der Waals surface area contributed by atoms with Gasteiger partial charge in [0, 0.05) is 11.9 Å². The number of hydrogen-bond acceptors (Lipinski definition) is 4. The number of furan rings is 1. The molecule has 0 fully saturated rings. The van der Waals surface area contributed by atoms with Crippen molar-refractivity contribution in [2.45, 2.75) is 20.0 Å². The number of carbonyl (C=O) groups is 1. The Hall–Kier alpha value is -3.41. The van der Waals surface area contributed by atoms with Crippen molar-refractivity contribution in [1.82, 2.24) is 14.9 Å². The summed E-state index contributed by atoms with van der Waals surface area (Å²) in [7, 11) is 0. The molecule has 2 aromatic carbocycles. The number of rotatable bonds is 4. The summed E-state index contributed by atoms with van der Waals surface area (Å²) >= 11 is 0. The van der Waals surface area contributed by atoms with E-state index in [0.29, 0.717) is 17.6 Å². The molecule has 0 radical (unpaired) electrons. The van der Waals surface area contributed by atoms with Crippen molar-refractivity contribution in [2.24, 2.45) is 0 Å². The molecule has 2 aromatic heterocycles. The molecule has 0 aliphatic heterocycles. The van der Waals surface area contributed by atoms with Crippen LogP contribution in [0.5, 0.6) is 0 Å². The Labute approximate surface area is 149 Å². The highest BCUT2D eigenvalue weighted by molar-refractivity contribution is 6.01. The van der Waals surface area contributed by atoms with Gasteiger partial charge in [0.1, 0.15) is 17.6 Å². The molecule has 26 heavy (non-hydrogen) atoms.